The first-order chi connectivity index (χ1) is 8.97. The first kappa shape index (κ1) is 13.1. The third kappa shape index (κ3) is 2.93. The van der Waals surface area contributed by atoms with Crippen LogP contribution in [-0.4, -0.2) is 27.0 Å². The van der Waals surface area contributed by atoms with E-state index in [4.69, 9.17) is 4.74 Å². The van der Waals surface area contributed by atoms with Crippen LogP contribution in [0.1, 0.15) is 29.8 Å². The first-order valence-electron chi connectivity index (χ1n) is 6.03. The normalized spacial score (nSPS) is 10.7. The summed E-state index contributed by atoms with van der Waals surface area (Å²) in [7, 11) is 0. The second kappa shape index (κ2) is 5.14. The van der Waals surface area contributed by atoms with Crippen LogP contribution in [0.25, 0.3) is 5.69 Å². The van der Waals surface area contributed by atoms with Crippen LogP contribution in [0.15, 0.2) is 30.6 Å². The molecule has 0 atom stereocenters. The van der Waals surface area contributed by atoms with Crippen molar-refractivity contribution in [3.8, 4) is 11.4 Å². The van der Waals surface area contributed by atoms with Crippen LogP contribution >= 0.6 is 0 Å². The van der Waals surface area contributed by atoms with Crippen molar-refractivity contribution < 1.29 is 14.6 Å². The Morgan fingerprint density at radius 1 is 1.42 bits per heavy atom. The van der Waals surface area contributed by atoms with Gasteiger partial charge in [0.2, 0.25) is 0 Å². The average Bonchev–Trinajstić information content (AvgIpc) is 2.74. The van der Waals surface area contributed by atoms with E-state index in [1.54, 1.807) is 29.2 Å². The monoisotopic (exact) mass is 260 g/mol. The summed E-state index contributed by atoms with van der Waals surface area (Å²) in [5.74, 6) is -0.461. The number of nitrogens with zero attached hydrogens (tertiary/aromatic N) is 2. The topological polar surface area (TPSA) is 64.4 Å². The second-order valence-corrected chi connectivity index (χ2v) is 4.61. The van der Waals surface area contributed by atoms with Gasteiger partial charge in [-0.1, -0.05) is 0 Å². The third-order valence-electron chi connectivity index (χ3n) is 2.53. The molecule has 100 valence electrons. The third-order valence-corrected chi connectivity index (χ3v) is 2.53. The van der Waals surface area contributed by atoms with Gasteiger partial charge in [-0.3, -0.25) is 0 Å². The van der Waals surface area contributed by atoms with Crippen molar-refractivity contribution in [3.05, 3.63) is 41.7 Å². The molecule has 2 aromatic rings. The van der Waals surface area contributed by atoms with E-state index in [0.717, 1.165) is 5.56 Å². The standard InChI is InChI=1S/C14H16N2O3/c1-9(2)19-11-4-5-13(12(6-11)14(17)18)16-8-10(3)7-15-16/h4-9H,1-3H3,(H,17,18). The average molecular weight is 260 g/mol. The number of carboxylic acids is 1. The zero-order chi connectivity index (χ0) is 14.0. The van der Waals surface area contributed by atoms with Crippen LogP contribution in [0, 0.1) is 6.92 Å². The van der Waals surface area contributed by atoms with Gasteiger partial charge < -0.3 is 9.84 Å². The molecule has 0 amide bonds. The first-order valence-corrected chi connectivity index (χ1v) is 6.03. The van der Waals surface area contributed by atoms with Gasteiger partial charge in [0.1, 0.15) is 5.75 Å². The lowest BCUT2D eigenvalue weighted by atomic mass is 10.1. The van der Waals surface area contributed by atoms with Crippen molar-refractivity contribution in [1.82, 2.24) is 9.78 Å². The molecule has 1 aromatic carbocycles. The largest absolute Gasteiger partial charge is 0.491 e. The van der Waals surface area contributed by atoms with E-state index >= 15 is 0 Å². The molecule has 0 aliphatic rings. The van der Waals surface area contributed by atoms with Gasteiger partial charge in [0.25, 0.3) is 0 Å². The SMILES string of the molecule is Cc1cnn(-c2ccc(OC(C)C)cc2C(=O)O)c1. The molecule has 19 heavy (non-hydrogen) atoms. The zero-order valence-corrected chi connectivity index (χ0v) is 11.1. The maximum atomic E-state index is 11.3. The van der Waals surface area contributed by atoms with E-state index in [9.17, 15) is 9.90 Å². The predicted molar refractivity (Wildman–Crippen MR) is 71.0 cm³/mol. The van der Waals surface area contributed by atoms with Crippen LogP contribution in [0.5, 0.6) is 5.75 Å². The van der Waals surface area contributed by atoms with Crippen LogP contribution in [-0.2, 0) is 0 Å². The van der Waals surface area contributed by atoms with Gasteiger partial charge in [-0.25, -0.2) is 9.48 Å². The number of aryl methyl sites for hydroxylation is 1. The molecule has 0 aliphatic heterocycles. The maximum Gasteiger partial charge on any atom is 0.338 e. The fourth-order valence-electron chi connectivity index (χ4n) is 1.78. The summed E-state index contributed by atoms with van der Waals surface area (Å²) in [5.41, 5.74) is 1.66. The molecule has 0 bridgehead atoms. The number of aromatic carboxylic acids is 1. The van der Waals surface area contributed by atoms with Crippen molar-refractivity contribution >= 4 is 5.97 Å². The Hall–Kier alpha value is -2.30. The number of hydrogen-bond donors (Lipinski definition) is 1. The van der Waals surface area contributed by atoms with Crippen molar-refractivity contribution in [2.45, 2.75) is 26.9 Å². The molecule has 0 saturated carbocycles. The molecule has 2 rings (SSSR count). The Morgan fingerprint density at radius 3 is 2.68 bits per heavy atom. The lowest BCUT2D eigenvalue weighted by Gasteiger charge is -2.12. The quantitative estimate of drug-likeness (QED) is 0.917. The molecule has 0 unspecified atom stereocenters. The molecule has 0 radical (unpaired) electrons. The summed E-state index contributed by atoms with van der Waals surface area (Å²) in [5, 5.41) is 13.4. The second-order valence-electron chi connectivity index (χ2n) is 4.61. The zero-order valence-electron chi connectivity index (χ0n) is 11.1. The van der Waals surface area contributed by atoms with Crippen LogP contribution in [0.3, 0.4) is 0 Å². The van der Waals surface area contributed by atoms with Crippen LogP contribution in [0.4, 0.5) is 0 Å². The minimum atomic E-state index is -1.00. The van der Waals surface area contributed by atoms with Crippen molar-refractivity contribution in [3.63, 3.8) is 0 Å². The predicted octanol–water partition coefficient (Wildman–Crippen LogP) is 2.67. The van der Waals surface area contributed by atoms with Crippen LogP contribution < -0.4 is 4.74 Å². The van der Waals surface area contributed by atoms with Gasteiger partial charge in [-0.2, -0.15) is 5.10 Å². The van der Waals surface area contributed by atoms with Gasteiger partial charge in [0, 0.05) is 6.20 Å². The number of carboxylic acid groups (broad SMARTS) is 1. The number of benzene rings is 1. The van der Waals surface area contributed by atoms with E-state index in [0.29, 0.717) is 11.4 Å². The van der Waals surface area contributed by atoms with Gasteiger partial charge >= 0.3 is 5.97 Å². The summed E-state index contributed by atoms with van der Waals surface area (Å²) >= 11 is 0. The molecular weight excluding hydrogens is 244 g/mol. The number of hydrogen-bond acceptors (Lipinski definition) is 3. The molecule has 0 aliphatic carbocycles. The molecule has 5 heteroatoms. The molecule has 1 aromatic heterocycles. The Kier molecular flexibility index (Phi) is 3.55. The molecule has 1 N–H and O–H groups in total. The fourth-order valence-corrected chi connectivity index (χ4v) is 1.78. The lowest BCUT2D eigenvalue weighted by Crippen LogP contribution is -2.09. The van der Waals surface area contributed by atoms with E-state index < -0.39 is 5.97 Å². The van der Waals surface area contributed by atoms with Crippen molar-refractivity contribution in [2.75, 3.05) is 0 Å². The number of aromatic nitrogens is 2. The van der Waals surface area contributed by atoms with Crippen molar-refractivity contribution in [2.24, 2.45) is 0 Å². The highest BCUT2D eigenvalue weighted by atomic mass is 16.5. The highest BCUT2D eigenvalue weighted by Gasteiger charge is 2.14. The number of ether oxygens (including phenoxy) is 1. The van der Waals surface area contributed by atoms with E-state index in [1.165, 1.54) is 6.07 Å². The number of carbonyl (C=O) groups is 1. The summed E-state index contributed by atoms with van der Waals surface area (Å²) in [6.45, 7) is 5.69. The molecule has 1 heterocycles. The van der Waals surface area contributed by atoms with Gasteiger partial charge in [-0.05, 0) is 44.5 Å². The Morgan fingerprint density at radius 2 is 2.16 bits per heavy atom. The van der Waals surface area contributed by atoms with E-state index in [1.807, 2.05) is 20.8 Å². The highest BCUT2D eigenvalue weighted by molar-refractivity contribution is 5.92. The molecule has 5 nitrogen and oxygen atoms in total. The number of rotatable bonds is 4. The lowest BCUT2D eigenvalue weighted by molar-refractivity contribution is 0.0696. The van der Waals surface area contributed by atoms with Crippen LogP contribution in [0.2, 0.25) is 0 Å². The smallest absolute Gasteiger partial charge is 0.338 e. The molecule has 0 spiro atoms. The Labute approximate surface area is 111 Å². The van der Waals surface area contributed by atoms with E-state index in [2.05, 4.69) is 5.10 Å². The summed E-state index contributed by atoms with van der Waals surface area (Å²) < 4.78 is 7.06. The molecular formula is C14H16N2O3. The maximum absolute atomic E-state index is 11.3. The molecule has 0 fully saturated rings. The molecule has 0 saturated heterocycles. The minimum Gasteiger partial charge on any atom is -0.491 e. The highest BCUT2D eigenvalue weighted by Crippen LogP contribution is 2.22. The minimum absolute atomic E-state index is 0.000516. The van der Waals surface area contributed by atoms with Gasteiger partial charge in [-0.15, -0.1) is 0 Å². The summed E-state index contributed by atoms with van der Waals surface area (Å²) in [6, 6.07) is 4.97. The van der Waals surface area contributed by atoms with Gasteiger partial charge in [0.15, 0.2) is 0 Å². The fraction of sp³-hybridized carbons (Fsp3) is 0.286. The Balaban J connectivity index is 2.47. The summed E-state index contributed by atoms with van der Waals surface area (Å²) in [6.07, 6.45) is 3.47. The Bertz CT molecular complexity index is 602. The summed E-state index contributed by atoms with van der Waals surface area (Å²) in [4.78, 5) is 11.3. The van der Waals surface area contributed by atoms with Gasteiger partial charge in [0.05, 0.1) is 23.6 Å². The van der Waals surface area contributed by atoms with Crippen molar-refractivity contribution in [1.29, 1.82) is 0 Å². The van der Waals surface area contributed by atoms with E-state index in [-0.39, 0.29) is 11.7 Å².